The van der Waals surface area contributed by atoms with E-state index in [1.807, 2.05) is 6.92 Å². The highest BCUT2D eigenvalue weighted by atomic mass is 35.5. The minimum Gasteiger partial charge on any atom is -0.496 e. The van der Waals surface area contributed by atoms with Crippen molar-refractivity contribution in [1.29, 1.82) is 0 Å². The number of hydrogen-bond acceptors (Lipinski definition) is 4. The molecule has 196 valence electrons. The number of nitrogens with zero attached hydrogens (tertiary/aromatic N) is 3. The molecule has 1 fully saturated rings. The van der Waals surface area contributed by atoms with Gasteiger partial charge in [-0.3, -0.25) is 4.68 Å². The zero-order valence-electron chi connectivity index (χ0n) is 20.1. The molecule has 0 amide bonds. The van der Waals surface area contributed by atoms with Crippen LogP contribution in [0, 0.1) is 5.82 Å². The molecule has 1 aliphatic carbocycles. The average molecular weight is 537 g/mol. The van der Waals surface area contributed by atoms with E-state index < -0.39 is 35.8 Å². The molecule has 0 radical (unpaired) electrons. The van der Waals surface area contributed by atoms with E-state index in [0.29, 0.717) is 53.6 Å². The van der Waals surface area contributed by atoms with Gasteiger partial charge in [0.1, 0.15) is 17.2 Å². The number of ether oxygens (including phenoxy) is 1. The molecule has 5 rings (SSSR count). The van der Waals surface area contributed by atoms with Crippen LogP contribution < -0.4 is 4.74 Å². The van der Waals surface area contributed by atoms with Gasteiger partial charge in [-0.15, -0.1) is 0 Å². The number of rotatable bonds is 5. The van der Waals surface area contributed by atoms with E-state index in [9.17, 15) is 22.7 Å². The Hall–Kier alpha value is -3.11. The predicted octanol–water partition coefficient (Wildman–Crippen LogP) is 6.87. The van der Waals surface area contributed by atoms with Gasteiger partial charge in [0.05, 0.1) is 30.5 Å². The maximum absolute atomic E-state index is 14.3. The van der Waals surface area contributed by atoms with Crippen LogP contribution in [0.1, 0.15) is 61.4 Å². The second kappa shape index (κ2) is 9.64. The van der Waals surface area contributed by atoms with Gasteiger partial charge in [-0.05, 0) is 49.4 Å². The molecule has 0 saturated heterocycles. The summed E-state index contributed by atoms with van der Waals surface area (Å²) in [5.74, 6) is -0.654. The predicted molar refractivity (Wildman–Crippen MR) is 131 cm³/mol. The lowest BCUT2D eigenvalue weighted by Gasteiger charge is -2.27. The number of nitrogens with one attached hydrogen (secondary N) is 1. The number of halogens is 5. The van der Waals surface area contributed by atoms with Crippen LogP contribution in [0.15, 0.2) is 36.8 Å². The van der Waals surface area contributed by atoms with Crippen molar-refractivity contribution >= 4 is 22.6 Å². The molecule has 4 aromatic rings. The monoisotopic (exact) mass is 536 g/mol. The first-order chi connectivity index (χ1) is 17.6. The van der Waals surface area contributed by atoms with Gasteiger partial charge < -0.3 is 14.8 Å². The highest BCUT2D eigenvalue weighted by Crippen LogP contribution is 2.43. The number of aromatic amines is 1. The van der Waals surface area contributed by atoms with Crippen LogP contribution in [0.3, 0.4) is 0 Å². The SMILES string of the molecule is COc1ccc(F)c(Cl)c1C(C)c1c[nH]c2ncc(-c3cnn(C4CCC(O)CC4)c3C(F)(F)F)cc12. The average Bonchev–Trinajstić information content (AvgIpc) is 3.50. The molecular formula is C26H25ClF4N4O2. The first kappa shape index (κ1) is 25.5. The molecule has 2 N–H and O–H groups in total. The Bertz CT molecular complexity index is 1440. The number of fused-ring (bicyclic) bond motifs is 1. The Balaban J connectivity index is 1.61. The highest BCUT2D eigenvalue weighted by molar-refractivity contribution is 6.31. The summed E-state index contributed by atoms with van der Waals surface area (Å²) < 4.78 is 63.7. The van der Waals surface area contributed by atoms with Crippen molar-refractivity contribution in [1.82, 2.24) is 19.7 Å². The Kier molecular flexibility index (Phi) is 6.66. The van der Waals surface area contributed by atoms with Crippen molar-refractivity contribution in [2.24, 2.45) is 0 Å². The van der Waals surface area contributed by atoms with E-state index in [-0.39, 0.29) is 16.1 Å². The standard InChI is InChI=1S/C26H25ClF4N4O2/c1-13(22-21(37-2)8-7-20(28)23(22)27)18-11-33-25-17(18)9-14(10-32-25)19-12-34-35(24(19)26(29,30)31)15-3-5-16(36)6-4-15/h7-13,15-16,36H,3-6H2,1-2H3,(H,32,33). The summed E-state index contributed by atoms with van der Waals surface area (Å²) in [4.78, 5) is 7.40. The van der Waals surface area contributed by atoms with Crippen molar-refractivity contribution in [3.05, 3.63) is 64.5 Å². The fourth-order valence-corrected chi connectivity index (χ4v) is 5.57. The maximum atomic E-state index is 14.3. The third-order valence-corrected chi connectivity index (χ3v) is 7.55. The molecule has 1 aromatic carbocycles. The summed E-state index contributed by atoms with van der Waals surface area (Å²) in [6.45, 7) is 1.81. The van der Waals surface area contributed by atoms with Gasteiger partial charge in [0.25, 0.3) is 0 Å². The van der Waals surface area contributed by atoms with Crippen molar-refractivity contribution in [3.8, 4) is 16.9 Å². The first-order valence-corrected chi connectivity index (χ1v) is 12.3. The van der Waals surface area contributed by atoms with Gasteiger partial charge >= 0.3 is 6.18 Å². The summed E-state index contributed by atoms with van der Waals surface area (Å²) >= 11 is 6.29. The molecule has 37 heavy (non-hydrogen) atoms. The van der Waals surface area contributed by atoms with E-state index in [4.69, 9.17) is 16.3 Å². The topological polar surface area (TPSA) is 76.0 Å². The Labute approximate surface area is 215 Å². The van der Waals surface area contributed by atoms with Gasteiger partial charge in [0, 0.05) is 40.4 Å². The molecular weight excluding hydrogens is 512 g/mol. The van der Waals surface area contributed by atoms with Crippen LogP contribution in [0.5, 0.6) is 5.75 Å². The molecule has 1 aliphatic rings. The summed E-state index contributed by atoms with van der Waals surface area (Å²) in [6.07, 6.45) is 0.844. The number of H-pyrrole nitrogens is 1. The third-order valence-electron chi connectivity index (χ3n) is 7.16. The van der Waals surface area contributed by atoms with Crippen molar-refractivity contribution in [2.75, 3.05) is 7.11 Å². The molecule has 1 saturated carbocycles. The van der Waals surface area contributed by atoms with Crippen LogP contribution in [0.4, 0.5) is 17.6 Å². The minimum atomic E-state index is -4.65. The van der Waals surface area contributed by atoms with Gasteiger partial charge in [0.2, 0.25) is 0 Å². The van der Waals surface area contributed by atoms with Crippen LogP contribution in [-0.2, 0) is 6.18 Å². The van der Waals surface area contributed by atoms with Crippen LogP contribution in [0.2, 0.25) is 5.02 Å². The van der Waals surface area contributed by atoms with Crippen molar-refractivity contribution in [3.63, 3.8) is 0 Å². The summed E-state index contributed by atoms with van der Waals surface area (Å²) in [6, 6.07) is 3.89. The molecule has 0 spiro atoms. The molecule has 0 aliphatic heterocycles. The first-order valence-electron chi connectivity index (χ1n) is 11.9. The largest absolute Gasteiger partial charge is 0.496 e. The molecule has 3 heterocycles. The van der Waals surface area contributed by atoms with E-state index in [1.54, 1.807) is 12.3 Å². The van der Waals surface area contributed by atoms with Gasteiger partial charge in [-0.1, -0.05) is 18.5 Å². The van der Waals surface area contributed by atoms with Crippen molar-refractivity contribution in [2.45, 2.75) is 56.8 Å². The summed E-state index contributed by atoms with van der Waals surface area (Å²) in [5.41, 5.74) is 0.923. The lowest BCUT2D eigenvalue weighted by atomic mass is 9.91. The van der Waals surface area contributed by atoms with E-state index in [0.717, 1.165) is 4.68 Å². The number of aliphatic hydroxyl groups excluding tert-OH is 1. The number of aromatic nitrogens is 4. The second-order valence-corrected chi connectivity index (χ2v) is 9.75. The smallest absolute Gasteiger partial charge is 0.433 e. The molecule has 1 atom stereocenters. The number of benzene rings is 1. The fraction of sp³-hybridized carbons (Fsp3) is 0.385. The van der Waals surface area contributed by atoms with Gasteiger partial charge in [-0.2, -0.15) is 18.3 Å². The molecule has 3 aromatic heterocycles. The van der Waals surface area contributed by atoms with E-state index >= 15 is 0 Å². The number of methoxy groups -OCH3 is 1. The third kappa shape index (κ3) is 4.57. The van der Waals surface area contributed by atoms with Gasteiger partial charge in [-0.25, -0.2) is 9.37 Å². The maximum Gasteiger partial charge on any atom is 0.433 e. The minimum absolute atomic E-state index is 0.0748. The number of alkyl halides is 3. The van der Waals surface area contributed by atoms with E-state index in [2.05, 4.69) is 15.1 Å². The van der Waals surface area contributed by atoms with Crippen LogP contribution >= 0.6 is 11.6 Å². The number of hydrogen-bond donors (Lipinski definition) is 2. The Morgan fingerprint density at radius 1 is 1.19 bits per heavy atom. The number of aliphatic hydroxyl groups is 1. The normalized spacial score (nSPS) is 19.4. The van der Waals surface area contributed by atoms with Crippen LogP contribution in [0.25, 0.3) is 22.2 Å². The van der Waals surface area contributed by atoms with E-state index in [1.165, 1.54) is 31.6 Å². The zero-order valence-corrected chi connectivity index (χ0v) is 20.9. The molecule has 1 unspecified atom stereocenters. The summed E-state index contributed by atoms with van der Waals surface area (Å²) in [5, 5.41) is 14.4. The fourth-order valence-electron chi connectivity index (χ4n) is 5.25. The number of pyridine rings is 1. The molecule has 11 heteroatoms. The zero-order chi connectivity index (χ0) is 26.5. The lowest BCUT2D eigenvalue weighted by molar-refractivity contribution is -0.144. The summed E-state index contributed by atoms with van der Waals surface area (Å²) in [7, 11) is 1.46. The highest BCUT2D eigenvalue weighted by Gasteiger charge is 2.41. The quantitative estimate of drug-likeness (QED) is 0.273. The molecule has 0 bridgehead atoms. The second-order valence-electron chi connectivity index (χ2n) is 9.37. The Morgan fingerprint density at radius 3 is 2.59 bits per heavy atom. The van der Waals surface area contributed by atoms with Gasteiger partial charge in [0.15, 0.2) is 5.69 Å². The Morgan fingerprint density at radius 2 is 1.92 bits per heavy atom. The molecule has 6 nitrogen and oxygen atoms in total. The van der Waals surface area contributed by atoms with Crippen LogP contribution in [-0.4, -0.2) is 38.1 Å². The lowest BCUT2D eigenvalue weighted by Crippen LogP contribution is -2.25. The van der Waals surface area contributed by atoms with Crippen molar-refractivity contribution < 1.29 is 27.4 Å².